The van der Waals surface area contributed by atoms with Gasteiger partial charge in [0, 0.05) is 24.0 Å². The van der Waals surface area contributed by atoms with Crippen molar-refractivity contribution in [1.29, 1.82) is 0 Å². The molecule has 1 aliphatic heterocycles. The summed E-state index contributed by atoms with van der Waals surface area (Å²) in [5, 5.41) is 0.933. The van der Waals surface area contributed by atoms with Crippen LogP contribution < -0.4 is 4.74 Å². The fourth-order valence-electron chi connectivity index (χ4n) is 3.87. The molecule has 1 saturated heterocycles. The van der Waals surface area contributed by atoms with E-state index in [4.69, 9.17) is 9.72 Å². The molecular formula is C23H24N2O2. The number of piperidine rings is 1. The second kappa shape index (κ2) is 7.39. The maximum Gasteiger partial charge on any atom is 0.254 e. The van der Waals surface area contributed by atoms with Crippen LogP contribution in [0.25, 0.3) is 22.2 Å². The van der Waals surface area contributed by atoms with E-state index < -0.39 is 0 Å². The van der Waals surface area contributed by atoms with Crippen LogP contribution in [-0.4, -0.2) is 36.0 Å². The van der Waals surface area contributed by atoms with Crippen LogP contribution in [0.4, 0.5) is 0 Å². The molecule has 0 radical (unpaired) electrons. The van der Waals surface area contributed by atoms with Crippen LogP contribution in [0.5, 0.6) is 5.75 Å². The van der Waals surface area contributed by atoms with Gasteiger partial charge in [0.05, 0.1) is 23.9 Å². The Hall–Kier alpha value is -2.88. The van der Waals surface area contributed by atoms with Crippen molar-refractivity contribution in [3.05, 3.63) is 59.7 Å². The first-order valence-electron chi connectivity index (χ1n) is 9.52. The molecule has 1 amide bonds. The molecule has 2 aromatic carbocycles. The topological polar surface area (TPSA) is 42.4 Å². The number of para-hydroxylation sites is 1. The number of hydrogen-bond acceptors (Lipinski definition) is 3. The molecule has 0 aliphatic carbocycles. The summed E-state index contributed by atoms with van der Waals surface area (Å²) in [6.07, 6.45) is 3.37. The van der Waals surface area contributed by atoms with Crippen molar-refractivity contribution < 1.29 is 9.53 Å². The van der Waals surface area contributed by atoms with Crippen molar-refractivity contribution in [2.24, 2.45) is 0 Å². The molecule has 0 atom stereocenters. The Labute approximate surface area is 159 Å². The molecule has 4 rings (SSSR count). The van der Waals surface area contributed by atoms with Crippen LogP contribution in [0, 0.1) is 6.92 Å². The van der Waals surface area contributed by atoms with Gasteiger partial charge in [-0.3, -0.25) is 4.79 Å². The van der Waals surface area contributed by atoms with Gasteiger partial charge >= 0.3 is 0 Å². The van der Waals surface area contributed by atoms with Gasteiger partial charge in [-0.1, -0.05) is 18.2 Å². The lowest BCUT2D eigenvalue weighted by Gasteiger charge is -2.28. The van der Waals surface area contributed by atoms with Crippen molar-refractivity contribution in [3.8, 4) is 17.0 Å². The van der Waals surface area contributed by atoms with Crippen molar-refractivity contribution in [2.75, 3.05) is 20.2 Å². The summed E-state index contributed by atoms with van der Waals surface area (Å²) < 4.78 is 5.27. The van der Waals surface area contributed by atoms with E-state index in [-0.39, 0.29) is 5.91 Å². The normalized spacial score (nSPS) is 14.4. The number of carbonyl (C=O) groups is 1. The third kappa shape index (κ3) is 3.27. The Morgan fingerprint density at radius 2 is 1.70 bits per heavy atom. The van der Waals surface area contributed by atoms with Gasteiger partial charge in [-0.15, -0.1) is 0 Å². The van der Waals surface area contributed by atoms with Crippen molar-refractivity contribution >= 4 is 16.8 Å². The fraction of sp³-hybridized carbons (Fsp3) is 0.304. The summed E-state index contributed by atoms with van der Waals surface area (Å²) in [6.45, 7) is 3.69. The van der Waals surface area contributed by atoms with E-state index in [1.54, 1.807) is 7.11 Å². The molecule has 1 aromatic heterocycles. The lowest BCUT2D eigenvalue weighted by molar-refractivity contribution is 0.0725. The standard InChI is InChI=1S/C23H24N2O2/c1-16-21(23(26)25-14-6-3-7-15-25)19-8-4-5-9-20(19)24-22(16)17-10-12-18(27-2)13-11-17/h4-5,8-13H,3,6-7,14-15H2,1-2H3. The molecule has 0 bridgehead atoms. The van der Waals surface area contributed by atoms with Gasteiger partial charge in [0.2, 0.25) is 0 Å². The summed E-state index contributed by atoms with van der Waals surface area (Å²) in [6, 6.07) is 15.8. The van der Waals surface area contributed by atoms with E-state index in [2.05, 4.69) is 0 Å². The molecule has 4 nitrogen and oxygen atoms in total. The Balaban J connectivity index is 1.88. The summed E-state index contributed by atoms with van der Waals surface area (Å²) in [5.41, 5.74) is 4.43. The quantitative estimate of drug-likeness (QED) is 0.671. The Bertz CT molecular complexity index is 974. The molecular weight excluding hydrogens is 336 g/mol. The predicted molar refractivity (Wildman–Crippen MR) is 108 cm³/mol. The number of nitrogens with zero attached hydrogens (tertiary/aromatic N) is 2. The van der Waals surface area contributed by atoms with Gasteiger partial charge in [0.1, 0.15) is 5.75 Å². The van der Waals surface area contributed by atoms with Crippen LogP contribution >= 0.6 is 0 Å². The lowest BCUT2D eigenvalue weighted by atomic mass is 9.96. The molecule has 0 spiro atoms. The maximum atomic E-state index is 13.4. The van der Waals surface area contributed by atoms with Gasteiger partial charge in [-0.25, -0.2) is 4.98 Å². The number of fused-ring (bicyclic) bond motifs is 1. The second-order valence-corrected chi connectivity index (χ2v) is 7.06. The molecule has 4 heteroatoms. The first-order valence-corrected chi connectivity index (χ1v) is 9.52. The highest BCUT2D eigenvalue weighted by molar-refractivity contribution is 6.08. The van der Waals surface area contributed by atoms with Crippen LogP contribution in [0.15, 0.2) is 48.5 Å². The van der Waals surface area contributed by atoms with E-state index in [1.807, 2.05) is 60.4 Å². The van der Waals surface area contributed by atoms with Crippen molar-refractivity contribution in [1.82, 2.24) is 9.88 Å². The molecule has 0 saturated carbocycles. The van der Waals surface area contributed by atoms with Gasteiger partial charge in [-0.05, 0) is 62.1 Å². The second-order valence-electron chi connectivity index (χ2n) is 7.06. The number of rotatable bonds is 3. The number of likely N-dealkylation sites (tertiary alicyclic amines) is 1. The molecule has 1 aliphatic rings. The van der Waals surface area contributed by atoms with Gasteiger partial charge in [0.15, 0.2) is 0 Å². The first-order chi connectivity index (χ1) is 13.2. The number of amides is 1. The highest BCUT2D eigenvalue weighted by Crippen LogP contribution is 2.31. The lowest BCUT2D eigenvalue weighted by Crippen LogP contribution is -2.36. The summed E-state index contributed by atoms with van der Waals surface area (Å²) in [7, 11) is 1.66. The van der Waals surface area contributed by atoms with Crippen LogP contribution in [0.2, 0.25) is 0 Å². The average Bonchev–Trinajstić information content (AvgIpc) is 2.73. The average molecular weight is 360 g/mol. The molecule has 0 unspecified atom stereocenters. The van der Waals surface area contributed by atoms with Crippen molar-refractivity contribution in [3.63, 3.8) is 0 Å². The van der Waals surface area contributed by atoms with Crippen molar-refractivity contribution in [2.45, 2.75) is 26.2 Å². The number of carbonyl (C=O) groups excluding carboxylic acids is 1. The third-order valence-electron chi connectivity index (χ3n) is 5.36. The zero-order valence-electron chi connectivity index (χ0n) is 15.9. The minimum atomic E-state index is 0.126. The molecule has 1 fully saturated rings. The monoisotopic (exact) mass is 360 g/mol. The number of methoxy groups -OCH3 is 1. The third-order valence-corrected chi connectivity index (χ3v) is 5.36. The van der Waals surface area contributed by atoms with Crippen LogP contribution in [0.3, 0.4) is 0 Å². The van der Waals surface area contributed by atoms with Gasteiger partial charge in [-0.2, -0.15) is 0 Å². The molecule has 27 heavy (non-hydrogen) atoms. The maximum absolute atomic E-state index is 13.4. The Kier molecular flexibility index (Phi) is 4.80. The predicted octanol–water partition coefficient (Wildman–Crippen LogP) is 4.84. The smallest absolute Gasteiger partial charge is 0.254 e. The molecule has 0 N–H and O–H groups in total. The minimum Gasteiger partial charge on any atom is -0.497 e. The summed E-state index contributed by atoms with van der Waals surface area (Å²) >= 11 is 0. The highest BCUT2D eigenvalue weighted by atomic mass is 16.5. The largest absolute Gasteiger partial charge is 0.497 e. The van der Waals surface area contributed by atoms with E-state index in [9.17, 15) is 4.79 Å². The number of ether oxygens (including phenoxy) is 1. The van der Waals surface area contributed by atoms with E-state index >= 15 is 0 Å². The number of pyridine rings is 1. The van der Waals surface area contributed by atoms with Crippen LogP contribution in [0.1, 0.15) is 35.2 Å². The molecule has 138 valence electrons. The van der Waals surface area contributed by atoms with Crippen LogP contribution in [-0.2, 0) is 0 Å². The van der Waals surface area contributed by atoms with Gasteiger partial charge in [0.25, 0.3) is 5.91 Å². The van der Waals surface area contributed by atoms with E-state index in [0.29, 0.717) is 0 Å². The Morgan fingerprint density at radius 1 is 1.00 bits per heavy atom. The minimum absolute atomic E-state index is 0.126. The molecule has 3 aromatic rings. The fourth-order valence-corrected chi connectivity index (χ4v) is 3.87. The molecule has 2 heterocycles. The SMILES string of the molecule is COc1ccc(-c2nc3ccccc3c(C(=O)N3CCCCC3)c2C)cc1. The summed E-state index contributed by atoms with van der Waals surface area (Å²) in [4.78, 5) is 20.3. The van der Waals surface area contributed by atoms with Gasteiger partial charge < -0.3 is 9.64 Å². The Morgan fingerprint density at radius 3 is 2.41 bits per heavy atom. The highest BCUT2D eigenvalue weighted by Gasteiger charge is 2.24. The van der Waals surface area contributed by atoms with E-state index in [1.165, 1.54) is 6.42 Å². The zero-order chi connectivity index (χ0) is 18.8. The summed E-state index contributed by atoms with van der Waals surface area (Å²) in [5.74, 6) is 0.933. The number of benzene rings is 2. The number of hydrogen-bond donors (Lipinski definition) is 0. The number of aromatic nitrogens is 1. The zero-order valence-corrected chi connectivity index (χ0v) is 15.9. The first kappa shape index (κ1) is 17.5. The van der Waals surface area contributed by atoms with E-state index in [0.717, 1.165) is 65.0 Å².